The quantitative estimate of drug-likeness (QED) is 0.277. The van der Waals surface area contributed by atoms with Crippen LogP contribution in [0.5, 0.6) is 0 Å². The third-order valence-corrected chi connectivity index (χ3v) is 8.86. The molecule has 3 aromatic rings. The number of anilines is 1. The molecule has 1 aliphatic heterocycles. The molecule has 1 fully saturated rings. The molecule has 1 N–H and O–H groups in total. The minimum Gasteiger partial charge on any atom is -0.352 e. The third-order valence-electron chi connectivity index (χ3n) is 8.15. The second-order valence-electron chi connectivity index (χ2n) is 10.7. The van der Waals surface area contributed by atoms with Crippen LogP contribution in [0.25, 0.3) is 10.8 Å². The van der Waals surface area contributed by atoms with Crippen molar-refractivity contribution in [1.29, 1.82) is 0 Å². The number of benzene rings is 3. The van der Waals surface area contributed by atoms with Crippen molar-refractivity contribution < 1.29 is 14.4 Å². The molecule has 0 radical (unpaired) electrons. The molecule has 0 unspecified atom stereocenters. The molecule has 0 spiro atoms. The molecule has 6 nitrogen and oxygen atoms in total. The van der Waals surface area contributed by atoms with Gasteiger partial charge in [-0.25, -0.2) is 0 Å². The Balaban J connectivity index is 1.32. The minimum absolute atomic E-state index is 0.0442. The largest absolute Gasteiger partial charge is 0.352 e. The Morgan fingerprint density at radius 3 is 2.38 bits per heavy atom. The summed E-state index contributed by atoms with van der Waals surface area (Å²) in [6, 6.07) is 16.4. The molecule has 2 aliphatic rings. The zero-order valence-corrected chi connectivity index (χ0v) is 24.3. The summed E-state index contributed by atoms with van der Waals surface area (Å²) in [5.74, 6) is -0.343. The summed E-state index contributed by atoms with van der Waals surface area (Å²) in [7, 11) is 0. The maximum atomic E-state index is 13.8. The molecule has 210 valence electrons. The van der Waals surface area contributed by atoms with Crippen molar-refractivity contribution in [1.82, 2.24) is 10.2 Å². The predicted octanol–water partition coefficient (Wildman–Crippen LogP) is 7.14. The molecule has 40 heavy (non-hydrogen) atoms. The molecule has 1 aliphatic carbocycles. The van der Waals surface area contributed by atoms with Crippen LogP contribution < -0.4 is 10.2 Å². The van der Waals surface area contributed by atoms with Crippen LogP contribution in [0.15, 0.2) is 54.6 Å². The number of carbonyl (C=O) groups is 3. The van der Waals surface area contributed by atoms with Gasteiger partial charge in [0.05, 0.1) is 5.69 Å². The molecular weight excluding hydrogens is 545 g/mol. The van der Waals surface area contributed by atoms with E-state index in [1.807, 2.05) is 43.3 Å². The van der Waals surface area contributed by atoms with Crippen LogP contribution in [0, 0.1) is 0 Å². The van der Waals surface area contributed by atoms with Gasteiger partial charge in [0, 0.05) is 52.1 Å². The molecule has 0 saturated heterocycles. The Labute approximate surface area is 245 Å². The van der Waals surface area contributed by atoms with Crippen molar-refractivity contribution in [2.45, 2.75) is 76.9 Å². The predicted molar refractivity (Wildman–Crippen MR) is 161 cm³/mol. The van der Waals surface area contributed by atoms with Crippen LogP contribution in [0.2, 0.25) is 10.0 Å². The van der Waals surface area contributed by atoms with Gasteiger partial charge < -0.3 is 15.1 Å². The Morgan fingerprint density at radius 2 is 1.68 bits per heavy atom. The number of nitrogens with zero attached hydrogens (tertiary/aromatic N) is 2. The lowest BCUT2D eigenvalue weighted by Gasteiger charge is -2.33. The van der Waals surface area contributed by atoms with Gasteiger partial charge in [-0.3, -0.25) is 14.4 Å². The van der Waals surface area contributed by atoms with Crippen LogP contribution in [0.1, 0.15) is 74.2 Å². The van der Waals surface area contributed by atoms with Gasteiger partial charge >= 0.3 is 0 Å². The van der Waals surface area contributed by atoms with Gasteiger partial charge in [-0.2, -0.15) is 0 Å². The number of halogens is 2. The molecule has 1 atom stereocenters. The zero-order valence-electron chi connectivity index (χ0n) is 22.8. The highest BCUT2D eigenvalue weighted by molar-refractivity contribution is 6.36. The Kier molecular flexibility index (Phi) is 8.97. The molecule has 5 rings (SSSR count). The highest BCUT2D eigenvalue weighted by Gasteiger charge is 2.32. The molecular formula is C32H35Cl2N3O3. The second-order valence-corrected chi connectivity index (χ2v) is 11.5. The molecule has 3 aromatic carbocycles. The van der Waals surface area contributed by atoms with E-state index < -0.39 is 6.04 Å². The number of hydrogen-bond acceptors (Lipinski definition) is 3. The van der Waals surface area contributed by atoms with Gasteiger partial charge in [-0.1, -0.05) is 79.7 Å². The summed E-state index contributed by atoms with van der Waals surface area (Å²) in [4.78, 5) is 43.8. The van der Waals surface area contributed by atoms with Gasteiger partial charge in [-0.05, 0) is 55.3 Å². The highest BCUT2D eigenvalue weighted by Crippen LogP contribution is 2.37. The SMILES string of the molecule is CC[C@@H](C(=O)NC1CCCCC1)N(Cc1c(Cl)cccc1Cl)C(=O)CCCN1C(=O)c2cccc3cccc1c23. The minimum atomic E-state index is -0.645. The average molecular weight is 581 g/mol. The van der Waals surface area contributed by atoms with E-state index in [0.717, 1.165) is 42.1 Å². The molecule has 8 heteroatoms. The van der Waals surface area contributed by atoms with Crippen molar-refractivity contribution in [3.8, 4) is 0 Å². The van der Waals surface area contributed by atoms with E-state index >= 15 is 0 Å². The van der Waals surface area contributed by atoms with Crippen LogP contribution in [-0.2, 0) is 16.1 Å². The smallest absolute Gasteiger partial charge is 0.258 e. The van der Waals surface area contributed by atoms with Gasteiger partial charge in [0.2, 0.25) is 11.8 Å². The molecule has 3 amide bonds. The first-order valence-corrected chi connectivity index (χ1v) is 15.0. The number of amides is 3. The monoisotopic (exact) mass is 579 g/mol. The van der Waals surface area contributed by atoms with Crippen molar-refractivity contribution in [3.05, 3.63) is 75.8 Å². The second kappa shape index (κ2) is 12.6. The normalized spacial score (nSPS) is 15.9. The summed E-state index contributed by atoms with van der Waals surface area (Å²) < 4.78 is 0. The Morgan fingerprint density at radius 1 is 1.00 bits per heavy atom. The van der Waals surface area contributed by atoms with Gasteiger partial charge in [0.1, 0.15) is 6.04 Å². The summed E-state index contributed by atoms with van der Waals surface area (Å²) >= 11 is 13.0. The van der Waals surface area contributed by atoms with Crippen molar-refractivity contribution in [2.24, 2.45) is 0 Å². The fraction of sp³-hybridized carbons (Fsp3) is 0.406. The molecule has 1 saturated carbocycles. The van der Waals surface area contributed by atoms with E-state index in [0.29, 0.717) is 40.6 Å². The number of nitrogens with one attached hydrogen (secondary N) is 1. The van der Waals surface area contributed by atoms with Gasteiger partial charge in [0.15, 0.2) is 0 Å². The summed E-state index contributed by atoms with van der Waals surface area (Å²) in [6.45, 7) is 2.46. The number of carbonyl (C=O) groups excluding carboxylic acids is 3. The first kappa shape index (κ1) is 28.4. The average Bonchev–Trinajstić information content (AvgIpc) is 3.23. The van der Waals surface area contributed by atoms with Crippen LogP contribution in [0.4, 0.5) is 5.69 Å². The third kappa shape index (κ3) is 5.84. The fourth-order valence-corrected chi connectivity index (χ4v) is 6.57. The van der Waals surface area contributed by atoms with Crippen molar-refractivity contribution >= 4 is 57.4 Å². The van der Waals surface area contributed by atoms with E-state index in [9.17, 15) is 14.4 Å². The lowest BCUT2D eigenvalue weighted by molar-refractivity contribution is -0.141. The molecule has 0 aromatic heterocycles. The first-order valence-electron chi connectivity index (χ1n) is 14.3. The summed E-state index contributed by atoms with van der Waals surface area (Å²) in [5, 5.41) is 6.10. The molecule has 1 heterocycles. The maximum absolute atomic E-state index is 13.8. The standard InChI is InChI=1S/C32H35Cl2N3O3/c1-2-27(31(39)35-22-12-4-3-5-13-22)37(20-24-25(33)15-8-16-26(24)34)29(38)18-9-19-36-28-17-7-11-21-10-6-14-23(30(21)28)32(36)40/h6-8,10-11,14-17,22,27H,2-5,9,12-13,18-20H2,1H3,(H,35,39)/t27-/m0/s1. The number of hydrogen-bond donors (Lipinski definition) is 1. The highest BCUT2D eigenvalue weighted by atomic mass is 35.5. The lowest BCUT2D eigenvalue weighted by Crippen LogP contribution is -2.51. The van der Waals surface area contributed by atoms with Crippen molar-refractivity contribution in [3.63, 3.8) is 0 Å². The number of rotatable bonds is 10. The first-order chi connectivity index (χ1) is 19.4. The molecule has 0 bridgehead atoms. The lowest BCUT2D eigenvalue weighted by atomic mass is 9.95. The van der Waals surface area contributed by atoms with E-state index in [2.05, 4.69) is 5.32 Å². The van der Waals surface area contributed by atoms with Crippen LogP contribution in [-0.4, -0.2) is 41.2 Å². The zero-order chi connectivity index (χ0) is 28.2. The van der Waals surface area contributed by atoms with Crippen molar-refractivity contribution in [2.75, 3.05) is 11.4 Å². The summed E-state index contributed by atoms with van der Waals surface area (Å²) in [5.41, 5.74) is 2.20. The topological polar surface area (TPSA) is 69.7 Å². The van der Waals surface area contributed by atoms with Gasteiger partial charge in [0.25, 0.3) is 5.91 Å². The van der Waals surface area contributed by atoms with E-state index in [-0.39, 0.29) is 36.7 Å². The summed E-state index contributed by atoms with van der Waals surface area (Å²) in [6.07, 6.45) is 6.44. The maximum Gasteiger partial charge on any atom is 0.258 e. The van der Waals surface area contributed by atoms with Crippen LogP contribution >= 0.6 is 23.2 Å². The fourth-order valence-electron chi connectivity index (χ4n) is 6.05. The van der Waals surface area contributed by atoms with E-state index in [1.165, 1.54) is 6.42 Å². The Bertz CT molecular complexity index is 1390. The van der Waals surface area contributed by atoms with E-state index in [4.69, 9.17) is 23.2 Å². The van der Waals surface area contributed by atoms with Gasteiger partial charge in [-0.15, -0.1) is 0 Å². The van der Waals surface area contributed by atoms with Crippen LogP contribution in [0.3, 0.4) is 0 Å². The Hall–Kier alpha value is -3.09. The van der Waals surface area contributed by atoms with E-state index in [1.54, 1.807) is 28.0 Å².